The average molecular weight is 590 g/mol. The summed E-state index contributed by atoms with van der Waals surface area (Å²) in [6, 6.07) is 3.75. The van der Waals surface area contributed by atoms with Gasteiger partial charge >= 0.3 is 6.36 Å². The van der Waals surface area contributed by atoms with Gasteiger partial charge in [0.15, 0.2) is 8.32 Å². The molecule has 11 heteroatoms. The molecule has 0 bridgehead atoms. The molecule has 39 heavy (non-hydrogen) atoms. The van der Waals surface area contributed by atoms with Crippen LogP contribution in [0.2, 0.25) is 23.2 Å². The minimum atomic E-state index is -4.84. The molecule has 1 aromatic carbocycles. The highest BCUT2D eigenvalue weighted by molar-refractivity contribution is 6.74. The van der Waals surface area contributed by atoms with Crippen molar-refractivity contribution in [2.45, 2.75) is 90.0 Å². The molecule has 4 rings (SSSR count). The fourth-order valence-electron chi connectivity index (χ4n) is 5.55. The van der Waals surface area contributed by atoms with Crippen LogP contribution in [-0.2, 0) is 9.22 Å². The summed E-state index contributed by atoms with van der Waals surface area (Å²) in [6.07, 6.45) is 0.0585. The number of alkyl halides is 3. The van der Waals surface area contributed by atoms with Crippen LogP contribution in [0.25, 0.3) is 0 Å². The predicted molar refractivity (Wildman–Crippen MR) is 151 cm³/mol. The lowest BCUT2D eigenvalue weighted by molar-refractivity contribution is -0.274. The summed E-state index contributed by atoms with van der Waals surface area (Å²) in [5.74, 6) is -0.488. The number of hydrogen-bond donors (Lipinski definition) is 0. The lowest BCUT2D eigenvalue weighted by Crippen LogP contribution is -2.56. The van der Waals surface area contributed by atoms with Gasteiger partial charge in [-0.1, -0.05) is 32.4 Å². The van der Waals surface area contributed by atoms with Crippen molar-refractivity contribution in [2.75, 3.05) is 44.2 Å². The number of amides is 1. The molecule has 0 N–H and O–H groups in total. The zero-order valence-electron chi connectivity index (χ0n) is 24.0. The van der Waals surface area contributed by atoms with Gasteiger partial charge in [0.2, 0.25) is 5.91 Å². The SMILES string of the molecule is CC1C(=O)N(CCCN2CCC3(CC3)C(O[Si](C)(C)C(C)(C)C)C2)CCN1c1ccc(Cl)c(OC(F)(F)F)c1. The fraction of sp³-hybridized carbons (Fsp3) is 0.750. The summed E-state index contributed by atoms with van der Waals surface area (Å²) in [6.45, 7) is 18.0. The van der Waals surface area contributed by atoms with Gasteiger partial charge < -0.3 is 23.9 Å². The first-order chi connectivity index (χ1) is 18.0. The maximum Gasteiger partial charge on any atom is 0.573 e. The first kappa shape index (κ1) is 30.5. The van der Waals surface area contributed by atoms with E-state index in [1.165, 1.54) is 31.4 Å². The number of benzene rings is 1. The second-order valence-corrected chi connectivity index (χ2v) is 18.2. The lowest BCUT2D eigenvalue weighted by atomic mass is 9.90. The fourth-order valence-corrected chi connectivity index (χ4v) is 7.10. The molecule has 2 saturated heterocycles. The molecule has 1 aliphatic carbocycles. The number of carbonyl (C=O) groups excluding carboxylic acids is 1. The molecule has 2 atom stereocenters. The number of piperidine rings is 1. The molecule has 0 aromatic heterocycles. The Kier molecular flexibility index (Phi) is 8.64. The van der Waals surface area contributed by atoms with Gasteiger partial charge in [0.1, 0.15) is 11.8 Å². The van der Waals surface area contributed by atoms with Crippen LogP contribution >= 0.6 is 11.6 Å². The van der Waals surface area contributed by atoms with Crippen molar-refractivity contribution >= 4 is 31.5 Å². The third-order valence-corrected chi connectivity index (χ3v) is 14.1. The van der Waals surface area contributed by atoms with E-state index in [4.69, 9.17) is 16.0 Å². The lowest BCUT2D eigenvalue weighted by Gasteiger charge is -2.46. The summed E-state index contributed by atoms with van der Waals surface area (Å²) >= 11 is 5.90. The van der Waals surface area contributed by atoms with Crippen LogP contribution in [0.1, 0.15) is 53.4 Å². The highest BCUT2D eigenvalue weighted by Gasteiger charge is 2.55. The van der Waals surface area contributed by atoms with Crippen molar-refractivity contribution in [3.63, 3.8) is 0 Å². The third-order valence-electron chi connectivity index (χ3n) is 9.29. The van der Waals surface area contributed by atoms with Crippen molar-refractivity contribution < 1.29 is 27.1 Å². The van der Waals surface area contributed by atoms with Crippen molar-refractivity contribution in [1.29, 1.82) is 0 Å². The molecular formula is C28H43ClF3N3O3Si. The molecule has 1 aromatic rings. The molecule has 6 nitrogen and oxygen atoms in total. The van der Waals surface area contributed by atoms with Crippen molar-refractivity contribution in [2.24, 2.45) is 5.41 Å². The minimum absolute atomic E-state index is 0.0239. The van der Waals surface area contributed by atoms with Gasteiger partial charge in [-0.15, -0.1) is 13.2 Å². The largest absolute Gasteiger partial charge is 0.573 e. The Morgan fingerprint density at radius 1 is 1.08 bits per heavy atom. The van der Waals surface area contributed by atoms with Crippen LogP contribution < -0.4 is 9.64 Å². The first-order valence-corrected chi connectivity index (χ1v) is 17.3. The number of rotatable bonds is 8. The predicted octanol–water partition coefficient (Wildman–Crippen LogP) is 6.54. The van der Waals surface area contributed by atoms with Gasteiger partial charge in [0.05, 0.1) is 11.1 Å². The highest BCUT2D eigenvalue weighted by atomic mass is 35.5. The molecule has 1 amide bonds. The van der Waals surface area contributed by atoms with Crippen molar-refractivity contribution in [1.82, 2.24) is 9.80 Å². The molecule has 2 heterocycles. The van der Waals surface area contributed by atoms with E-state index in [0.29, 0.717) is 36.8 Å². The van der Waals surface area contributed by atoms with Gasteiger partial charge in [0.25, 0.3) is 0 Å². The van der Waals surface area contributed by atoms with E-state index >= 15 is 0 Å². The van der Waals surface area contributed by atoms with Gasteiger partial charge in [0, 0.05) is 37.9 Å². The second-order valence-electron chi connectivity index (χ2n) is 13.0. The zero-order valence-corrected chi connectivity index (χ0v) is 25.8. The van der Waals surface area contributed by atoms with Crippen molar-refractivity contribution in [3.05, 3.63) is 23.2 Å². The van der Waals surface area contributed by atoms with Gasteiger partial charge in [-0.2, -0.15) is 0 Å². The van der Waals surface area contributed by atoms with E-state index < -0.39 is 26.5 Å². The van der Waals surface area contributed by atoms with Crippen LogP contribution in [0.15, 0.2) is 18.2 Å². The van der Waals surface area contributed by atoms with E-state index in [0.717, 1.165) is 26.1 Å². The first-order valence-electron chi connectivity index (χ1n) is 14.0. The molecule has 2 unspecified atom stereocenters. The minimum Gasteiger partial charge on any atom is -0.412 e. The molecule has 1 saturated carbocycles. The Bertz CT molecular complexity index is 1050. The van der Waals surface area contributed by atoms with E-state index in [-0.39, 0.29) is 16.0 Å². The number of halogens is 4. The summed E-state index contributed by atoms with van der Waals surface area (Å²) in [4.78, 5) is 19.4. The number of carbonyl (C=O) groups is 1. The monoisotopic (exact) mass is 589 g/mol. The maximum absolute atomic E-state index is 13.2. The van der Waals surface area contributed by atoms with Gasteiger partial charge in [-0.25, -0.2) is 0 Å². The van der Waals surface area contributed by atoms with Crippen molar-refractivity contribution in [3.8, 4) is 5.75 Å². The quantitative estimate of drug-likeness (QED) is 0.322. The molecular weight excluding hydrogens is 547 g/mol. The Balaban J connectivity index is 1.30. The summed E-state index contributed by atoms with van der Waals surface area (Å²) in [5, 5.41) is 0.0553. The normalized spacial score (nSPS) is 24.4. The van der Waals surface area contributed by atoms with E-state index in [9.17, 15) is 18.0 Å². The van der Waals surface area contributed by atoms with Crippen LogP contribution in [0.5, 0.6) is 5.75 Å². The topological polar surface area (TPSA) is 45.2 Å². The number of ether oxygens (including phenoxy) is 1. The smallest absolute Gasteiger partial charge is 0.412 e. The van der Waals surface area contributed by atoms with Crippen LogP contribution in [-0.4, -0.2) is 81.8 Å². The van der Waals surface area contributed by atoms with Crippen LogP contribution in [0, 0.1) is 5.41 Å². The number of piperazine rings is 1. The highest BCUT2D eigenvalue weighted by Crippen LogP contribution is 2.56. The van der Waals surface area contributed by atoms with Gasteiger partial charge in [-0.3, -0.25) is 4.79 Å². The van der Waals surface area contributed by atoms with Gasteiger partial charge in [-0.05, 0) is 81.4 Å². The van der Waals surface area contributed by atoms with E-state index in [2.05, 4.69) is 43.5 Å². The Morgan fingerprint density at radius 3 is 2.38 bits per heavy atom. The number of hydrogen-bond acceptors (Lipinski definition) is 5. The van der Waals surface area contributed by atoms with E-state index in [1.54, 1.807) is 17.9 Å². The number of anilines is 1. The second kappa shape index (κ2) is 11.1. The summed E-state index contributed by atoms with van der Waals surface area (Å²) in [7, 11) is -1.85. The molecule has 0 radical (unpaired) electrons. The van der Waals surface area contributed by atoms with E-state index in [1.807, 2.05) is 4.90 Å². The summed E-state index contributed by atoms with van der Waals surface area (Å²) in [5.41, 5.74) is 0.856. The molecule has 2 aliphatic heterocycles. The Morgan fingerprint density at radius 2 is 1.77 bits per heavy atom. The molecule has 220 valence electrons. The molecule has 1 spiro atoms. The van der Waals surface area contributed by atoms with Crippen LogP contribution in [0.3, 0.4) is 0 Å². The number of likely N-dealkylation sites (tertiary alicyclic amines) is 1. The maximum atomic E-state index is 13.2. The van der Waals surface area contributed by atoms with Crippen LogP contribution in [0.4, 0.5) is 18.9 Å². The Labute approximate surface area is 236 Å². The molecule has 3 fully saturated rings. The Hall–Kier alpha value is -1.49. The summed E-state index contributed by atoms with van der Waals surface area (Å²) < 4.78 is 49.3. The average Bonchev–Trinajstić information content (AvgIpc) is 3.59. The standard InChI is InChI=1S/C28H43ClF3N3O3Si/c1-20-25(36)34(16-17-35(20)21-8-9-22(29)23(18-21)37-28(30,31)32)14-7-13-33-15-12-27(10-11-27)24(19-33)38-39(5,6)26(2,3)4/h8-9,18,20,24H,7,10-17,19H2,1-6H3. The zero-order chi connectivity index (χ0) is 28.8. The molecule has 3 aliphatic rings. The number of nitrogens with zero attached hydrogens (tertiary/aromatic N) is 3. The third kappa shape index (κ3) is 7.05.